The number of guanidine groups is 1. The number of aliphatic carboxylic acids is 2. The van der Waals surface area contributed by atoms with Crippen LogP contribution in [0.4, 0.5) is 0 Å². The molecule has 0 aliphatic rings. The number of nitrogens with zero attached hydrogens (tertiary/aromatic N) is 1. The van der Waals surface area contributed by atoms with Crippen LogP contribution in [-0.2, 0) is 60.8 Å². The zero-order valence-corrected chi connectivity index (χ0v) is 38.4. The van der Waals surface area contributed by atoms with Gasteiger partial charge < -0.3 is 85.7 Å². The van der Waals surface area contributed by atoms with Gasteiger partial charge in [-0.2, -0.15) is 0 Å². The van der Waals surface area contributed by atoms with Gasteiger partial charge in [-0.1, -0.05) is 38.1 Å². The number of aliphatic imine (C=N–C) groups is 1. The Morgan fingerprint density at radius 1 is 0.586 bits per heavy atom. The van der Waals surface area contributed by atoms with Gasteiger partial charge in [0.05, 0.1) is 32.0 Å². The van der Waals surface area contributed by atoms with Crippen molar-refractivity contribution < 1.29 is 73.5 Å². The molecule has 0 saturated heterocycles. The number of carboxylic acids is 2. The lowest BCUT2D eigenvalue weighted by molar-refractivity contribution is -0.143. The number of aromatic hydroxyl groups is 2. The van der Waals surface area contributed by atoms with Crippen LogP contribution < -0.4 is 60.2 Å². The largest absolute Gasteiger partial charge is 0.508 e. The number of hydrogen-bond acceptors (Lipinski definition) is 15. The number of amides is 8. The highest BCUT2D eigenvalue weighted by molar-refractivity contribution is 5.98. The van der Waals surface area contributed by atoms with Crippen molar-refractivity contribution in [3.63, 3.8) is 0 Å². The van der Waals surface area contributed by atoms with Crippen molar-refractivity contribution >= 4 is 65.2 Å². The highest BCUT2D eigenvalue weighted by atomic mass is 16.4. The van der Waals surface area contributed by atoms with Crippen molar-refractivity contribution in [2.75, 3.05) is 19.7 Å². The lowest BCUT2D eigenvalue weighted by Gasteiger charge is -2.26. The van der Waals surface area contributed by atoms with Crippen molar-refractivity contribution in [3.05, 3.63) is 59.7 Å². The number of phenols is 2. The fourth-order valence-electron chi connectivity index (χ4n) is 6.41. The molecule has 0 bridgehead atoms. The quantitative estimate of drug-likeness (QED) is 0.0198. The van der Waals surface area contributed by atoms with Gasteiger partial charge in [0.2, 0.25) is 47.3 Å². The highest BCUT2D eigenvalue weighted by Crippen LogP contribution is 2.14. The summed E-state index contributed by atoms with van der Waals surface area (Å²) in [7, 11) is 0. The van der Waals surface area contributed by atoms with E-state index in [-0.39, 0.29) is 62.0 Å². The molecule has 0 unspecified atom stereocenters. The van der Waals surface area contributed by atoms with Gasteiger partial charge in [-0.05, 0) is 60.6 Å². The Hall–Kier alpha value is -8.07. The van der Waals surface area contributed by atoms with E-state index in [1.165, 1.54) is 48.5 Å². The fourth-order valence-corrected chi connectivity index (χ4v) is 6.41. The standard InChI is InChI=1S/C43H62N12O15/c1-21(2)14-31(42(69)70)54-41(68)32(20-56)55-38(65)28(15-22-5-9-24(57)10-6-22)50-34(60)19-49-37(64)27(4-3-13-48-43(46)47)51-39(66)29(16-23-7-11-25(58)12-8-23)53-40(67)30(18-33(45)59)52-36(63)26(44)17-35(61)62/h5-12,21,26-32,56-58H,3-4,13-20,44H2,1-2H3,(H2,45,59)(H,49,64)(H,50,60)(H,51,66)(H,52,63)(H,53,67)(H,54,68)(H,55,65)(H,61,62)(H,69,70)(H4,46,47,48)/t26-,27-,28-,29-,30-,31-,32-/m0/s1. The summed E-state index contributed by atoms with van der Waals surface area (Å²) in [6.45, 7) is 1.61. The van der Waals surface area contributed by atoms with Gasteiger partial charge in [0.15, 0.2) is 5.96 Å². The molecule has 27 nitrogen and oxygen atoms in total. The van der Waals surface area contributed by atoms with Crippen LogP contribution in [0.5, 0.6) is 11.5 Å². The van der Waals surface area contributed by atoms with E-state index in [9.17, 15) is 68.4 Å². The minimum absolute atomic E-state index is 0.0324. The summed E-state index contributed by atoms with van der Waals surface area (Å²) in [6, 6.07) is -0.167. The molecule has 384 valence electrons. The summed E-state index contributed by atoms with van der Waals surface area (Å²) in [5, 5.41) is 64.6. The average Bonchev–Trinajstić information content (AvgIpc) is 3.27. The molecular weight excluding hydrogens is 925 g/mol. The number of nitrogens with two attached hydrogens (primary N) is 4. The second-order valence-electron chi connectivity index (χ2n) is 16.4. The maximum Gasteiger partial charge on any atom is 0.326 e. The highest BCUT2D eigenvalue weighted by Gasteiger charge is 2.33. The molecule has 8 amide bonds. The van der Waals surface area contributed by atoms with Gasteiger partial charge in [-0.3, -0.25) is 48.1 Å². The minimum Gasteiger partial charge on any atom is -0.508 e. The van der Waals surface area contributed by atoms with Gasteiger partial charge in [-0.15, -0.1) is 0 Å². The Balaban J connectivity index is 2.39. The Kier molecular flexibility index (Phi) is 24.0. The first-order chi connectivity index (χ1) is 32.9. The van der Waals surface area contributed by atoms with Crippen molar-refractivity contribution in [1.82, 2.24) is 37.2 Å². The number of carbonyl (C=O) groups excluding carboxylic acids is 8. The summed E-state index contributed by atoms with van der Waals surface area (Å²) in [4.78, 5) is 133. The lowest BCUT2D eigenvalue weighted by Crippen LogP contribution is -2.59. The topological polar surface area (TPSA) is 472 Å². The van der Waals surface area contributed by atoms with Crippen molar-refractivity contribution in [2.45, 2.75) is 101 Å². The second kappa shape index (κ2) is 29.0. The molecule has 7 atom stereocenters. The number of carboxylic acid groups (broad SMARTS) is 2. The molecule has 0 aliphatic heterocycles. The maximum absolute atomic E-state index is 14.1. The third kappa shape index (κ3) is 21.7. The summed E-state index contributed by atoms with van der Waals surface area (Å²) >= 11 is 0. The van der Waals surface area contributed by atoms with Gasteiger partial charge >= 0.3 is 11.9 Å². The molecule has 0 aliphatic carbocycles. The average molecular weight is 987 g/mol. The lowest BCUT2D eigenvalue weighted by atomic mass is 10.0. The molecule has 0 fully saturated rings. The zero-order chi connectivity index (χ0) is 52.7. The van der Waals surface area contributed by atoms with Crippen LogP contribution >= 0.6 is 0 Å². The van der Waals surface area contributed by atoms with Crippen LogP contribution in [0.2, 0.25) is 0 Å². The Morgan fingerprint density at radius 2 is 1.04 bits per heavy atom. The van der Waals surface area contributed by atoms with E-state index in [4.69, 9.17) is 28.0 Å². The number of benzene rings is 2. The van der Waals surface area contributed by atoms with E-state index < -0.39 is 127 Å². The molecule has 70 heavy (non-hydrogen) atoms. The predicted molar refractivity (Wildman–Crippen MR) is 246 cm³/mol. The van der Waals surface area contributed by atoms with Gasteiger partial charge in [0.1, 0.15) is 47.8 Å². The van der Waals surface area contributed by atoms with Gasteiger partial charge in [0.25, 0.3) is 0 Å². The third-order valence-corrected chi connectivity index (χ3v) is 9.95. The maximum atomic E-state index is 14.1. The SMILES string of the molecule is CC(C)C[C@H](NC(=O)[C@H](CO)NC(=O)[C@H](Cc1ccc(O)cc1)NC(=O)CNC(=O)[C@H](CCCN=C(N)N)NC(=O)[C@H](Cc1ccc(O)cc1)NC(=O)[C@H](CC(N)=O)NC(=O)[C@@H](N)CC(=O)O)C(=O)O. The Labute approximate surface area is 400 Å². The van der Waals surface area contributed by atoms with E-state index >= 15 is 0 Å². The number of rotatable bonds is 30. The first-order valence-electron chi connectivity index (χ1n) is 21.7. The molecule has 0 heterocycles. The third-order valence-electron chi connectivity index (χ3n) is 9.95. The van der Waals surface area contributed by atoms with Crippen molar-refractivity contribution in [2.24, 2.45) is 33.8 Å². The molecule has 0 radical (unpaired) electrons. The van der Waals surface area contributed by atoms with Crippen molar-refractivity contribution in [1.29, 1.82) is 0 Å². The first kappa shape index (κ1) is 58.1. The molecule has 0 saturated carbocycles. The number of carbonyl (C=O) groups is 10. The van der Waals surface area contributed by atoms with Gasteiger partial charge in [0, 0.05) is 19.4 Å². The Bertz CT molecular complexity index is 2190. The molecule has 27 heteroatoms. The summed E-state index contributed by atoms with van der Waals surface area (Å²) < 4.78 is 0. The number of aliphatic hydroxyl groups excluding tert-OH is 1. The molecule has 0 spiro atoms. The molecule has 2 rings (SSSR count). The van der Waals surface area contributed by atoms with E-state index in [0.29, 0.717) is 11.1 Å². The fraction of sp³-hybridized carbons (Fsp3) is 0.465. The molecule has 0 aromatic heterocycles. The van der Waals surface area contributed by atoms with Crippen molar-refractivity contribution in [3.8, 4) is 11.5 Å². The zero-order valence-electron chi connectivity index (χ0n) is 38.4. The number of primary amides is 1. The molecule has 2 aromatic rings. The van der Waals surface area contributed by atoms with Crippen LogP contribution in [0.25, 0.3) is 0 Å². The predicted octanol–water partition coefficient (Wildman–Crippen LogP) is -5.24. The number of aliphatic hydroxyl groups is 1. The molecule has 20 N–H and O–H groups in total. The van der Waals surface area contributed by atoms with E-state index in [1.54, 1.807) is 13.8 Å². The second-order valence-corrected chi connectivity index (χ2v) is 16.4. The summed E-state index contributed by atoms with van der Waals surface area (Å²) in [5.74, 6) is -11.9. The van der Waals surface area contributed by atoms with Crippen LogP contribution in [0.1, 0.15) is 57.1 Å². The van der Waals surface area contributed by atoms with Crippen LogP contribution in [0, 0.1) is 5.92 Å². The normalized spacial score (nSPS) is 13.8. The number of hydrogen-bond donors (Lipinski definition) is 16. The van der Waals surface area contributed by atoms with Crippen LogP contribution in [0.15, 0.2) is 53.5 Å². The molecule has 2 aromatic carbocycles. The summed E-state index contributed by atoms with van der Waals surface area (Å²) in [6.07, 6.45) is -2.33. The van der Waals surface area contributed by atoms with Crippen LogP contribution in [0.3, 0.4) is 0 Å². The number of nitrogens with one attached hydrogen (secondary N) is 7. The number of phenolic OH excluding ortho intramolecular Hbond substituents is 2. The van der Waals surface area contributed by atoms with E-state index in [2.05, 4.69) is 42.2 Å². The first-order valence-corrected chi connectivity index (χ1v) is 21.7. The van der Waals surface area contributed by atoms with Crippen LogP contribution in [-0.4, -0.2) is 153 Å². The summed E-state index contributed by atoms with van der Waals surface area (Å²) in [5.41, 5.74) is 22.5. The van der Waals surface area contributed by atoms with E-state index in [0.717, 1.165) is 0 Å². The smallest absolute Gasteiger partial charge is 0.326 e. The van der Waals surface area contributed by atoms with E-state index in [1.807, 2.05) is 0 Å². The van der Waals surface area contributed by atoms with Gasteiger partial charge in [-0.25, -0.2) is 4.79 Å². The monoisotopic (exact) mass is 986 g/mol. The minimum atomic E-state index is -1.76. The Morgan fingerprint density at radius 3 is 1.51 bits per heavy atom. The molecular formula is C43H62N12O15.